The highest BCUT2D eigenvalue weighted by atomic mass is 19.1. The molecule has 174 valence electrons. The van der Waals surface area contributed by atoms with Crippen LogP contribution >= 0.6 is 0 Å². The second kappa shape index (κ2) is 9.95. The fourth-order valence-electron chi connectivity index (χ4n) is 4.00. The van der Waals surface area contributed by atoms with Crippen molar-refractivity contribution in [1.82, 2.24) is 14.5 Å². The van der Waals surface area contributed by atoms with E-state index in [0.29, 0.717) is 29.0 Å². The summed E-state index contributed by atoms with van der Waals surface area (Å²) in [7, 11) is 0. The monoisotopic (exact) mass is 461 g/mol. The number of benzene rings is 3. The van der Waals surface area contributed by atoms with Crippen molar-refractivity contribution in [3.8, 4) is 5.69 Å². The summed E-state index contributed by atoms with van der Waals surface area (Å²) in [6.45, 7) is 4.21. The maximum absolute atomic E-state index is 13.9. The van der Waals surface area contributed by atoms with Crippen LogP contribution in [0.2, 0.25) is 0 Å². The zero-order chi connectivity index (χ0) is 24.2. The highest BCUT2D eigenvalue weighted by Gasteiger charge is 2.27. The van der Waals surface area contributed by atoms with Gasteiger partial charge in [0, 0.05) is 12.1 Å². The molecule has 0 radical (unpaired) electrons. The number of fused-ring (bicyclic) bond motifs is 1. The summed E-state index contributed by atoms with van der Waals surface area (Å²) in [6.07, 6.45) is 1.56. The van der Waals surface area contributed by atoms with Crippen LogP contribution in [0, 0.1) is 11.6 Å². The van der Waals surface area contributed by atoms with Gasteiger partial charge in [-0.2, -0.15) is 0 Å². The first kappa shape index (κ1) is 23.3. The number of rotatable bonds is 7. The molecule has 1 heterocycles. The molecule has 0 bridgehead atoms. The van der Waals surface area contributed by atoms with Crippen molar-refractivity contribution >= 4 is 16.8 Å². The van der Waals surface area contributed by atoms with E-state index in [-0.39, 0.29) is 17.0 Å². The lowest BCUT2D eigenvalue weighted by Gasteiger charge is -2.30. The van der Waals surface area contributed by atoms with Gasteiger partial charge in [0.05, 0.1) is 22.6 Å². The third kappa shape index (κ3) is 4.59. The van der Waals surface area contributed by atoms with Crippen molar-refractivity contribution in [2.75, 3.05) is 6.54 Å². The Kier molecular flexibility index (Phi) is 6.82. The Morgan fingerprint density at radius 1 is 1.00 bits per heavy atom. The molecule has 0 saturated carbocycles. The number of para-hydroxylation sites is 1. The fourth-order valence-corrected chi connectivity index (χ4v) is 4.00. The number of nitrogens with zero attached hydrogens (tertiary/aromatic N) is 3. The van der Waals surface area contributed by atoms with Gasteiger partial charge in [0.1, 0.15) is 17.5 Å². The second-order valence-corrected chi connectivity index (χ2v) is 8.14. The van der Waals surface area contributed by atoms with E-state index in [9.17, 15) is 18.4 Å². The molecular weight excluding hydrogens is 436 g/mol. The van der Waals surface area contributed by atoms with Crippen LogP contribution in [-0.4, -0.2) is 26.9 Å². The largest absolute Gasteiger partial charge is 0.329 e. The van der Waals surface area contributed by atoms with Crippen LogP contribution in [0.25, 0.3) is 16.6 Å². The van der Waals surface area contributed by atoms with Crippen molar-refractivity contribution in [3.63, 3.8) is 0 Å². The number of amides is 1. The first-order valence-corrected chi connectivity index (χ1v) is 11.2. The number of unbranched alkanes of at least 4 members (excludes halogenated alkanes) is 1. The van der Waals surface area contributed by atoms with Crippen molar-refractivity contribution in [2.45, 2.75) is 32.7 Å². The predicted molar refractivity (Wildman–Crippen MR) is 128 cm³/mol. The Bertz CT molecular complexity index is 1380. The molecule has 34 heavy (non-hydrogen) atoms. The standard InChI is InChI=1S/C27H25F2N3O2/c1-3-4-16-31(26(33)19-8-7-9-21(29)17-19)18(2)25-30-24-11-6-5-10-23(24)27(34)32(25)22-14-12-20(28)13-15-22/h5-15,17-18H,3-4,16H2,1-2H3. The van der Waals surface area contributed by atoms with Crippen molar-refractivity contribution < 1.29 is 13.6 Å². The third-order valence-electron chi connectivity index (χ3n) is 5.81. The Balaban J connectivity index is 1.90. The molecule has 1 amide bonds. The Morgan fingerprint density at radius 2 is 1.74 bits per heavy atom. The Labute approximate surface area is 196 Å². The van der Waals surface area contributed by atoms with Crippen LogP contribution in [-0.2, 0) is 0 Å². The average molecular weight is 462 g/mol. The highest BCUT2D eigenvalue weighted by molar-refractivity contribution is 5.94. The molecular formula is C27H25F2N3O2. The number of hydrogen-bond acceptors (Lipinski definition) is 3. The van der Waals surface area contributed by atoms with Gasteiger partial charge in [-0.15, -0.1) is 0 Å². The Hall–Kier alpha value is -3.87. The van der Waals surface area contributed by atoms with E-state index in [1.807, 2.05) is 6.92 Å². The summed E-state index contributed by atoms with van der Waals surface area (Å²) in [4.78, 5) is 33.4. The normalized spacial score (nSPS) is 12.0. The summed E-state index contributed by atoms with van der Waals surface area (Å²) in [5.41, 5.74) is 0.855. The SMILES string of the molecule is CCCCN(C(=O)c1cccc(F)c1)C(C)c1nc2ccccc2c(=O)n1-c1ccc(F)cc1. The van der Waals surface area contributed by atoms with Gasteiger partial charge in [0.25, 0.3) is 11.5 Å². The first-order chi connectivity index (χ1) is 16.4. The minimum absolute atomic E-state index is 0.222. The van der Waals surface area contributed by atoms with Crippen LogP contribution in [0.3, 0.4) is 0 Å². The quantitative estimate of drug-likeness (QED) is 0.356. The number of hydrogen-bond donors (Lipinski definition) is 0. The average Bonchev–Trinajstić information content (AvgIpc) is 2.84. The maximum atomic E-state index is 13.9. The van der Waals surface area contributed by atoms with Crippen molar-refractivity contribution in [2.24, 2.45) is 0 Å². The zero-order valence-electron chi connectivity index (χ0n) is 19.0. The molecule has 5 nitrogen and oxygen atoms in total. The third-order valence-corrected chi connectivity index (χ3v) is 5.81. The molecule has 0 aliphatic rings. The summed E-state index contributed by atoms with van der Waals surface area (Å²) in [6, 6.07) is 17.5. The number of aromatic nitrogens is 2. The minimum Gasteiger partial charge on any atom is -0.329 e. The van der Waals surface area contributed by atoms with E-state index in [0.717, 1.165) is 12.8 Å². The Morgan fingerprint density at radius 3 is 2.44 bits per heavy atom. The maximum Gasteiger partial charge on any atom is 0.266 e. The van der Waals surface area contributed by atoms with Gasteiger partial charge in [-0.3, -0.25) is 14.2 Å². The van der Waals surface area contributed by atoms with Gasteiger partial charge in [-0.1, -0.05) is 31.5 Å². The van der Waals surface area contributed by atoms with E-state index in [1.54, 1.807) is 42.2 Å². The molecule has 0 spiro atoms. The van der Waals surface area contributed by atoms with E-state index in [2.05, 4.69) is 0 Å². The molecule has 7 heteroatoms. The molecule has 0 fully saturated rings. The van der Waals surface area contributed by atoms with E-state index in [1.165, 1.54) is 47.0 Å². The molecule has 1 aromatic heterocycles. The second-order valence-electron chi connectivity index (χ2n) is 8.14. The van der Waals surface area contributed by atoms with Crippen molar-refractivity contribution in [3.05, 3.63) is 106 Å². The first-order valence-electron chi connectivity index (χ1n) is 11.2. The molecule has 1 unspecified atom stereocenters. The summed E-state index contributed by atoms with van der Waals surface area (Å²) in [5.74, 6) is -0.934. The molecule has 4 rings (SSSR count). The lowest BCUT2D eigenvalue weighted by molar-refractivity contribution is 0.0677. The zero-order valence-corrected chi connectivity index (χ0v) is 19.0. The molecule has 1 atom stereocenters. The van der Waals surface area contributed by atoms with Gasteiger partial charge in [0.2, 0.25) is 0 Å². The van der Waals surface area contributed by atoms with Gasteiger partial charge >= 0.3 is 0 Å². The van der Waals surface area contributed by atoms with Crippen LogP contribution in [0.4, 0.5) is 8.78 Å². The molecule has 0 aliphatic carbocycles. The summed E-state index contributed by atoms with van der Waals surface area (Å²) in [5, 5.41) is 0.416. The highest BCUT2D eigenvalue weighted by Crippen LogP contribution is 2.25. The summed E-state index contributed by atoms with van der Waals surface area (Å²) >= 11 is 0. The smallest absolute Gasteiger partial charge is 0.266 e. The van der Waals surface area contributed by atoms with Gasteiger partial charge in [-0.05, 0) is 67.9 Å². The molecule has 0 saturated heterocycles. The molecule has 0 N–H and O–H groups in total. The lowest BCUT2D eigenvalue weighted by Crippen LogP contribution is -2.38. The van der Waals surface area contributed by atoms with E-state index < -0.39 is 17.7 Å². The van der Waals surface area contributed by atoms with Gasteiger partial charge in [0.15, 0.2) is 0 Å². The molecule has 4 aromatic rings. The fraction of sp³-hybridized carbons (Fsp3) is 0.222. The minimum atomic E-state index is -0.621. The van der Waals surface area contributed by atoms with E-state index in [4.69, 9.17) is 4.98 Å². The van der Waals surface area contributed by atoms with Gasteiger partial charge in [-0.25, -0.2) is 13.8 Å². The summed E-state index contributed by atoms with van der Waals surface area (Å²) < 4.78 is 28.9. The number of halogens is 2. The topological polar surface area (TPSA) is 55.2 Å². The molecule has 3 aromatic carbocycles. The molecule has 0 aliphatic heterocycles. The number of carbonyl (C=O) groups excluding carboxylic acids is 1. The van der Waals surface area contributed by atoms with Crippen LogP contribution < -0.4 is 5.56 Å². The van der Waals surface area contributed by atoms with Crippen LogP contribution in [0.5, 0.6) is 0 Å². The number of carbonyl (C=O) groups is 1. The van der Waals surface area contributed by atoms with Crippen molar-refractivity contribution in [1.29, 1.82) is 0 Å². The van der Waals surface area contributed by atoms with Gasteiger partial charge < -0.3 is 4.90 Å². The van der Waals surface area contributed by atoms with Crippen LogP contribution in [0.15, 0.2) is 77.6 Å². The predicted octanol–water partition coefficient (Wildman–Crippen LogP) is 5.67. The lowest BCUT2D eigenvalue weighted by atomic mass is 10.1. The van der Waals surface area contributed by atoms with Crippen LogP contribution in [0.1, 0.15) is 48.9 Å². The van der Waals surface area contributed by atoms with E-state index >= 15 is 0 Å².